The third kappa shape index (κ3) is 2.36. The van der Waals surface area contributed by atoms with Crippen LogP contribution in [0, 0.1) is 0 Å². The molecule has 1 heterocycles. The van der Waals surface area contributed by atoms with E-state index >= 15 is 0 Å². The SMILES string of the molecule is CCC1(N)CN(Cc2cccc(OC)c2)C1. The standard InChI is InChI=1S/C13H20N2O/c1-3-13(14)9-15(10-13)8-11-5-4-6-12(7-11)16-2/h4-7H,3,8-10,14H2,1-2H3. The molecule has 0 atom stereocenters. The maximum absolute atomic E-state index is 6.14. The van der Waals surface area contributed by atoms with E-state index in [1.807, 2.05) is 12.1 Å². The molecule has 3 heteroatoms. The van der Waals surface area contributed by atoms with Crippen LogP contribution in [0.3, 0.4) is 0 Å². The predicted molar refractivity (Wildman–Crippen MR) is 65.5 cm³/mol. The number of hydrogen-bond donors (Lipinski definition) is 1. The van der Waals surface area contributed by atoms with E-state index in [0.29, 0.717) is 0 Å². The minimum atomic E-state index is 0.0544. The first-order chi connectivity index (χ1) is 7.65. The van der Waals surface area contributed by atoms with Crippen LogP contribution in [-0.4, -0.2) is 30.6 Å². The van der Waals surface area contributed by atoms with Gasteiger partial charge in [-0.05, 0) is 24.1 Å². The van der Waals surface area contributed by atoms with Crippen LogP contribution >= 0.6 is 0 Å². The minimum Gasteiger partial charge on any atom is -0.497 e. The van der Waals surface area contributed by atoms with Gasteiger partial charge in [-0.25, -0.2) is 0 Å². The van der Waals surface area contributed by atoms with Crippen molar-refractivity contribution in [3.8, 4) is 5.75 Å². The van der Waals surface area contributed by atoms with E-state index in [1.165, 1.54) is 5.56 Å². The number of nitrogens with zero attached hydrogens (tertiary/aromatic N) is 1. The van der Waals surface area contributed by atoms with E-state index in [1.54, 1.807) is 7.11 Å². The largest absolute Gasteiger partial charge is 0.497 e. The van der Waals surface area contributed by atoms with Crippen LogP contribution in [0.1, 0.15) is 18.9 Å². The molecule has 0 aromatic heterocycles. The van der Waals surface area contributed by atoms with Gasteiger partial charge >= 0.3 is 0 Å². The average molecular weight is 220 g/mol. The summed E-state index contributed by atoms with van der Waals surface area (Å²) in [6.07, 6.45) is 1.06. The molecule has 0 aliphatic carbocycles. The summed E-state index contributed by atoms with van der Waals surface area (Å²) in [5, 5.41) is 0. The molecule has 88 valence electrons. The average Bonchev–Trinajstić information content (AvgIpc) is 2.27. The van der Waals surface area contributed by atoms with Crippen LogP contribution in [0.2, 0.25) is 0 Å². The fourth-order valence-corrected chi connectivity index (χ4v) is 2.21. The van der Waals surface area contributed by atoms with Crippen molar-refractivity contribution in [2.75, 3.05) is 20.2 Å². The lowest BCUT2D eigenvalue weighted by Gasteiger charge is -2.47. The number of methoxy groups -OCH3 is 1. The van der Waals surface area contributed by atoms with Gasteiger partial charge in [0, 0.05) is 25.2 Å². The normalized spacial score (nSPS) is 19.2. The van der Waals surface area contributed by atoms with Gasteiger partial charge in [0.05, 0.1) is 7.11 Å². The molecule has 0 unspecified atom stereocenters. The Kier molecular flexibility index (Phi) is 3.17. The number of rotatable bonds is 4. The molecule has 0 saturated carbocycles. The van der Waals surface area contributed by atoms with E-state index < -0.39 is 0 Å². The lowest BCUT2D eigenvalue weighted by atomic mass is 9.88. The summed E-state index contributed by atoms with van der Waals surface area (Å²) < 4.78 is 5.21. The molecular weight excluding hydrogens is 200 g/mol. The summed E-state index contributed by atoms with van der Waals surface area (Å²) in [5.41, 5.74) is 7.48. The number of hydrogen-bond acceptors (Lipinski definition) is 3. The van der Waals surface area contributed by atoms with Crippen molar-refractivity contribution in [3.63, 3.8) is 0 Å². The summed E-state index contributed by atoms with van der Waals surface area (Å²) in [6, 6.07) is 8.22. The Labute approximate surface area is 97.2 Å². The quantitative estimate of drug-likeness (QED) is 0.838. The Bertz CT molecular complexity index is 359. The number of likely N-dealkylation sites (tertiary alicyclic amines) is 1. The summed E-state index contributed by atoms with van der Waals surface area (Å²) in [5.74, 6) is 0.924. The third-order valence-corrected chi connectivity index (χ3v) is 3.32. The molecule has 0 bridgehead atoms. The monoisotopic (exact) mass is 220 g/mol. The van der Waals surface area contributed by atoms with Gasteiger partial charge in [-0.3, -0.25) is 4.90 Å². The lowest BCUT2D eigenvalue weighted by molar-refractivity contribution is 0.0606. The Balaban J connectivity index is 1.91. The van der Waals surface area contributed by atoms with Gasteiger partial charge in [-0.1, -0.05) is 19.1 Å². The number of benzene rings is 1. The molecule has 2 N–H and O–H groups in total. The fraction of sp³-hybridized carbons (Fsp3) is 0.538. The van der Waals surface area contributed by atoms with Crippen LogP contribution in [0.5, 0.6) is 5.75 Å². The predicted octanol–water partition coefficient (Wildman–Crippen LogP) is 1.62. The Morgan fingerprint density at radius 1 is 1.44 bits per heavy atom. The summed E-state index contributed by atoms with van der Waals surface area (Å²) in [7, 11) is 1.70. The van der Waals surface area contributed by atoms with Gasteiger partial charge in [-0.15, -0.1) is 0 Å². The second-order valence-electron chi connectivity index (χ2n) is 4.71. The van der Waals surface area contributed by atoms with Crippen molar-refractivity contribution in [3.05, 3.63) is 29.8 Å². The molecule has 16 heavy (non-hydrogen) atoms. The van der Waals surface area contributed by atoms with Crippen molar-refractivity contribution < 1.29 is 4.74 Å². The van der Waals surface area contributed by atoms with Crippen molar-refractivity contribution in [1.82, 2.24) is 4.90 Å². The molecule has 0 radical (unpaired) electrons. The third-order valence-electron chi connectivity index (χ3n) is 3.32. The maximum Gasteiger partial charge on any atom is 0.119 e. The highest BCUT2D eigenvalue weighted by Gasteiger charge is 2.37. The highest BCUT2D eigenvalue weighted by Crippen LogP contribution is 2.24. The molecular formula is C13H20N2O. The van der Waals surface area contributed by atoms with Crippen LogP contribution in [0.4, 0.5) is 0 Å². The zero-order chi connectivity index (χ0) is 11.6. The summed E-state index contributed by atoms with van der Waals surface area (Å²) in [6.45, 7) is 5.13. The van der Waals surface area contributed by atoms with Gasteiger partial charge in [-0.2, -0.15) is 0 Å². The van der Waals surface area contributed by atoms with Gasteiger partial charge in [0.1, 0.15) is 5.75 Å². The first-order valence-electron chi connectivity index (χ1n) is 5.79. The van der Waals surface area contributed by atoms with Gasteiger partial charge in [0.15, 0.2) is 0 Å². The highest BCUT2D eigenvalue weighted by molar-refractivity contribution is 5.28. The molecule has 1 aliphatic rings. The maximum atomic E-state index is 6.14. The molecule has 1 aromatic rings. The molecule has 1 saturated heterocycles. The molecule has 0 spiro atoms. The fourth-order valence-electron chi connectivity index (χ4n) is 2.21. The second-order valence-corrected chi connectivity index (χ2v) is 4.71. The molecule has 1 aromatic carbocycles. The molecule has 0 amide bonds. The van der Waals surface area contributed by atoms with Crippen LogP contribution in [0.15, 0.2) is 24.3 Å². The number of ether oxygens (including phenoxy) is 1. The van der Waals surface area contributed by atoms with E-state index in [4.69, 9.17) is 10.5 Å². The first kappa shape index (κ1) is 11.4. The molecule has 2 rings (SSSR count). The summed E-state index contributed by atoms with van der Waals surface area (Å²) in [4.78, 5) is 2.37. The Morgan fingerprint density at radius 3 is 2.81 bits per heavy atom. The van der Waals surface area contributed by atoms with Crippen LogP contribution in [-0.2, 0) is 6.54 Å². The highest BCUT2D eigenvalue weighted by atomic mass is 16.5. The molecule has 3 nitrogen and oxygen atoms in total. The first-order valence-corrected chi connectivity index (χ1v) is 5.79. The van der Waals surface area contributed by atoms with Crippen molar-refractivity contribution in [2.45, 2.75) is 25.4 Å². The lowest BCUT2D eigenvalue weighted by Crippen LogP contribution is -2.66. The number of nitrogens with two attached hydrogens (primary N) is 1. The second kappa shape index (κ2) is 4.44. The van der Waals surface area contributed by atoms with Crippen molar-refractivity contribution in [2.24, 2.45) is 5.73 Å². The Morgan fingerprint density at radius 2 is 2.19 bits per heavy atom. The van der Waals surface area contributed by atoms with E-state index in [2.05, 4.69) is 24.0 Å². The summed E-state index contributed by atoms with van der Waals surface area (Å²) >= 11 is 0. The van der Waals surface area contributed by atoms with Crippen molar-refractivity contribution in [1.29, 1.82) is 0 Å². The van der Waals surface area contributed by atoms with Crippen LogP contribution < -0.4 is 10.5 Å². The molecule has 1 aliphatic heterocycles. The van der Waals surface area contributed by atoms with E-state index in [-0.39, 0.29) is 5.54 Å². The topological polar surface area (TPSA) is 38.5 Å². The molecule has 1 fully saturated rings. The minimum absolute atomic E-state index is 0.0544. The smallest absolute Gasteiger partial charge is 0.119 e. The van der Waals surface area contributed by atoms with Crippen LogP contribution in [0.25, 0.3) is 0 Å². The van der Waals surface area contributed by atoms with Gasteiger partial charge in [0.2, 0.25) is 0 Å². The van der Waals surface area contributed by atoms with Crippen molar-refractivity contribution >= 4 is 0 Å². The zero-order valence-corrected chi connectivity index (χ0v) is 10.1. The van der Waals surface area contributed by atoms with Gasteiger partial charge in [0.25, 0.3) is 0 Å². The van der Waals surface area contributed by atoms with Gasteiger partial charge < -0.3 is 10.5 Å². The Hall–Kier alpha value is -1.06. The zero-order valence-electron chi connectivity index (χ0n) is 10.1. The van der Waals surface area contributed by atoms with E-state index in [0.717, 1.165) is 31.8 Å². The van der Waals surface area contributed by atoms with E-state index in [9.17, 15) is 0 Å².